The summed E-state index contributed by atoms with van der Waals surface area (Å²) in [7, 11) is 0. The van der Waals surface area contributed by atoms with Crippen molar-refractivity contribution in [3.05, 3.63) is 80.9 Å². The Morgan fingerprint density at radius 2 is 1.67 bits per heavy atom. The van der Waals surface area contributed by atoms with Gasteiger partial charge >= 0.3 is 0 Å². The van der Waals surface area contributed by atoms with Crippen molar-refractivity contribution in [2.75, 3.05) is 6.54 Å². The van der Waals surface area contributed by atoms with Crippen LogP contribution < -0.4 is 0 Å². The molecular weight excluding hydrogens is 369 g/mol. The molecule has 1 nitrogen and oxygen atoms in total. The number of rotatable bonds is 1. The zero-order valence-corrected chi connectivity index (χ0v) is 13.7. The van der Waals surface area contributed by atoms with Gasteiger partial charge in [-0.2, -0.15) is 0 Å². The summed E-state index contributed by atoms with van der Waals surface area (Å²) in [4.78, 5) is 4.86. The van der Waals surface area contributed by atoms with Gasteiger partial charge in [-0.1, -0.05) is 54.6 Å². The predicted molar refractivity (Wildman–Crippen MR) is 97.3 cm³/mol. The Hall–Kier alpha value is -1.68. The zero-order valence-electron chi connectivity index (χ0n) is 11.5. The van der Waals surface area contributed by atoms with Crippen molar-refractivity contribution in [3.8, 4) is 0 Å². The lowest BCUT2D eigenvalue weighted by Gasteiger charge is -2.19. The maximum Gasteiger partial charge on any atom is 0.0738 e. The van der Waals surface area contributed by atoms with E-state index in [1.54, 1.807) is 0 Å². The van der Waals surface area contributed by atoms with E-state index in [0.717, 1.165) is 18.7 Å². The van der Waals surface area contributed by atoms with E-state index in [1.807, 2.05) is 0 Å². The smallest absolute Gasteiger partial charge is 0.0738 e. The summed E-state index contributed by atoms with van der Waals surface area (Å²) in [5, 5.41) is 2.57. The van der Waals surface area contributed by atoms with E-state index in [9.17, 15) is 0 Å². The summed E-state index contributed by atoms with van der Waals surface area (Å²) in [6.07, 6.45) is 1.04. The van der Waals surface area contributed by atoms with E-state index in [-0.39, 0.29) is 0 Å². The Morgan fingerprint density at radius 1 is 0.857 bits per heavy atom. The van der Waals surface area contributed by atoms with Crippen molar-refractivity contribution in [2.24, 2.45) is 4.99 Å². The van der Waals surface area contributed by atoms with E-state index in [4.69, 9.17) is 4.99 Å². The molecule has 0 aromatic heterocycles. The first kappa shape index (κ1) is 13.0. The predicted octanol–water partition coefficient (Wildman–Crippen LogP) is 4.84. The largest absolute Gasteiger partial charge is 0.284 e. The van der Waals surface area contributed by atoms with Crippen LogP contribution in [0.25, 0.3) is 10.8 Å². The van der Waals surface area contributed by atoms with E-state index in [0.29, 0.717) is 0 Å². The molecule has 0 radical (unpaired) electrons. The SMILES string of the molecule is Ic1ccc2ccccc2c1C1=NCCc2ccccc21. The van der Waals surface area contributed by atoms with Crippen molar-refractivity contribution < 1.29 is 0 Å². The van der Waals surface area contributed by atoms with Gasteiger partial charge in [-0.05, 0) is 51.4 Å². The highest BCUT2D eigenvalue weighted by atomic mass is 127. The lowest BCUT2D eigenvalue weighted by Crippen LogP contribution is -2.15. The number of aliphatic imine (C=N–C) groups is 1. The van der Waals surface area contributed by atoms with Crippen LogP contribution in [0.3, 0.4) is 0 Å². The van der Waals surface area contributed by atoms with Crippen molar-refractivity contribution in [1.29, 1.82) is 0 Å². The van der Waals surface area contributed by atoms with Crippen LogP contribution in [-0.2, 0) is 6.42 Å². The number of fused-ring (bicyclic) bond motifs is 2. The second kappa shape index (κ2) is 5.26. The van der Waals surface area contributed by atoms with Gasteiger partial charge in [0, 0.05) is 21.2 Å². The Labute approximate surface area is 137 Å². The van der Waals surface area contributed by atoms with E-state index in [1.165, 1.54) is 31.0 Å². The van der Waals surface area contributed by atoms with Crippen molar-refractivity contribution in [2.45, 2.75) is 6.42 Å². The summed E-state index contributed by atoms with van der Waals surface area (Å²) in [5.41, 5.74) is 5.13. The highest BCUT2D eigenvalue weighted by molar-refractivity contribution is 14.1. The van der Waals surface area contributed by atoms with Gasteiger partial charge < -0.3 is 0 Å². The maximum absolute atomic E-state index is 4.86. The fourth-order valence-electron chi connectivity index (χ4n) is 3.04. The molecule has 0 fully saturated rings. The van der Waals surface area contributed by atoms with Crippen LogP contribution in [0.1, 0.15) is 16.7 Å². The molecule has 4 rings (SSSR count). The van der Waals surface area contributed by atoms with Crippen molar-refractivity contribution in [1.82, 2.24) is 0 Å². The highest BCUT2D eigenvalue weighted by Gasteiger charge is 2.19. The third-order valence-electron chi connectivity index (χ3n) is 4.04. The van der Waals surface area contributed by atoms with Gasteiger partial charge in [0.2, 0.25) is 0 Å². The highest BCUT2D eigenvalue weighted by Crippen LogP contribution is 2.29. The normalized spacial score (nSPS) is 13.9. The number of benzene rings is 3. The molecule has 2 heteroatoms. The third-order valence-corrected chi connectivity index (χ3v) is 4.94. The first-order chi connectivity index (χ1) is 10.3. The zero-order chi connectivity index (χ0) is 14.2. The Kier molecular flexibility index (Phi) is 3.26. The Morgan fingerprint density at radius 3 is 2.62 bits per heavy atom. The third kappa shape index (κ3) is 2.18. The molecule has 3 aromatic carbocycles. The molecule has 21 heavy (non-hydrogen) atoms. The minimum atomic E-state index is 0.881. The number of nitrogens with zero attached hydrogens (tertiary/aromatic N) is 1. The van der Waals surface area contributed by atoms with E-state index < -0.39 is 0 Å². The molecule has 3 aromatic rings. The standard InChI is InChI=1S/C19H14IN/c20-17-10-9-13-5-1-3-7-15(13)18(17)19-16-8-4-2-6-14(16)11-12-21-19/h1-10H,11-12H2. The van der Waals surface area contributed by atoms with Crippen LogP contribution in [0.15, 0.2) is 65.7 Å². The second-order valence-corrected chi connectivity index (χ2v) is 6.44. The van der Waals surface area contributed by atoms with Crippen molar-refractivity contribution >= 4 is 39.1 Å². The topological polar surface area (TPSA) is 12.4 Å². The molecular formula is C19H14IN. The average molecular weight is 383 g/mol. The Bertz CT molecular complexity index is 864. The van der Waals surface area contributed by atoms with Gasteiger partial charge in [-0.25, -0.2) is 0 Å². The van der Waals surface area contributed by atoms with E-state index in [2.05, 4.69) is 83.3 Å². The summed E-state index contributed by atoms with van der Waals surface area (Å²) in [5.74, 6) is 0. The summed E-state index contributed by atoms with van der Waals surface area (Å²) < 4.78 is 1.27. The average Bonchev–Trinajstić information content (AvgIpc) is 2.54. The van der Waals surface area contributed by atoms with Crippen LogP contribution in [0.4, 0.5) is 0 Å². The molecule has 1 heterocycles. The van der Waals surface area contributed by atoms with Gasteiger partial charge in [0.1, 0.15) is 0 Å². The fraction of sp³-hybridized carbons (Fsp3) is 0.105. The summed E-state index contributed by atoms with van der Waals surface area (Å²) in [6.45, 7) is 0.881. The molecule has 0 saturated heterocycles. The molecule has 1 aliphatic heterocycles. The molecule has 102 valence electrons. The van der Waals surface area contributed by atoms with Gasteiger partial charge in [0.15, 0.2) is 0 Å². The molecule has 0 bridgehead atoms. The summed E-state index contributed by atoms with van der Waals surface area (Å²) >= 11 is 2.43. The monoisotopic (exact) mass is 383 g/mol. The molecule has 0 spiro atoms. The van der Waals surface area contributed by atoms with Crippen LogP contribution in [0.5, 0.6) is 0 Å². The van der Waals surface area contributed by atoms with Gasteiger partial charge in [-0.3, -0.25) is 4.99 Å². The fourth-order valence-corrected chi connectivity index (χ4v) is 3.77. The molecule has 1 aliphatic rings. The maximum atomic E-state index is 4.86. The lowest BCUT2D eigenvalue weighted by molar-refractivity contribution is 0.944. The number of hydrogen-bond acceptors (Lipinski definition) is 1. The molecule has 0 aliphatic carbocycles. The first-order valence-electron chi connectivity index (χ1n) is 7.15. The van der Waals surface area contributed by atoms with Gasteiger partial charge in [-0.15, -0.1) is 0 Å². The Balaban J connectivity index is 2.03. The van der Waals surface area contributed by atoms with Crippen molar-refractivity contribution in [3.63, 3.8) is 0 Å². The summed E-state index contributed by atoms with van der Waals surface area (Å²) in [6, 6.07) is 21.6. The van der Waals surface area contributed by atoms with E-state index >= 15 is 0 Å². The van der Waals surface area contributed by atoms with Crippen LogP contribution in [0.2, 0.25) is 0 Å². The molecule has 0 amide bonds. The minimum Gasteiger partial charge on any atom is -0.284 e. The van der Waals surface area contributed by atoms with Crippen LogP contribution >= 0.6 is 22.6 Å². The first-order valence-corrected chi connectivity index (χ1v) is 8.23. The molecule has 0 saturated carbocycles. The van der Waals surface area contributed by atoms with Crippen LogP contribution in [0, 0.1) is 3.57 Å². The number of hydrogen-bond donors (Lipinski definition) is 0. The van der Waals surface area contributed by atoms with Gasteiger partial charge in [0.05, 0.1) is 5.71 Å². The number of halogens is 1. The minimum absolute atomic E-state index is 0.881. The second-order valence-electron chi connectivity index (χ2n) is 5.28. The van der Waals surface area contributed by atoms with Gasteiger partial charge in [0.25, 0.3) is 0 Å². The van der Waals surface area contributed by atoms with Crippen LogP contribution in [-0.4, -0.2) is 12.3 Å². The molecule has 0 N–H and O–H groups in total. The quantitative estimate of drug-likeness (QED) is 0.534. The lowest BCUT2D eigenvalue weighted by atomic mass is 9.91. The molecule has 0 unspecified atom stereocenters. The molecule has 0 atom stereocenters.